The molecule has 0 atom stereocenters. The maximum Gasteiger partial charge on any atom is 0.222 e. The van der Waals surface area contributed by atoms with E-state index in [-0.39, 0.29) is 11.9 Å². The van der Waals surface area contributed by atoms with Crippen molar-refractivity contribution in [2.45, 2.75) is 83.3 Å². The average molecular weight is 443 g/mol. The molecule has 7 heteroatoms. The summed E-state index contributed by atoms with van der Waals surface area (Å²) in [6, 6.07) is 8.55. The van der Waals surface area contributed by atoms with Gasteiger partial charge in [0.25, 0.3) is 0 Å². The molecule has 0 radical (unpaired) electrons. The Morgan fingerprint density at radius 1 is 1.23 bits per heavy atom. The van der Waals surface area contributed by atoms with Crippen molar-refractivity contribution < 1.29 is 9.53 Å². The van der Waals surface area contributed by atoms with Crippen LogP contribution in [0.4, 0.5) is 0 Å². The van der Waals surface area contributed by atoms with Crippen molar-refractivity contribution in [1.82, 2.24) is 19.7 Å². The van der Waals surface area contributed by atoms with Gasteiger partial charge in [-0.3, -0.25) is 9.89 Å². The van der Waals surface area contributed by atoms with Gasteiger partial charge in [-0.05, 0) is 88.7 Å². The molecule has 1 aliphatic carbocycles. The molecule has 6 nitrogen and oxygen atoms in total. The number of ether oxygens (including phenoxy) is 1. The van der Waals surface area contributed by atoms with E-state index in [1.54, 1.807) is 0 Å². The number of benzene rings is 1. The third kappa shape index (κ3) is 5.37. The van der Waals surface area contributed by atoms with E-state index in [9.17, 15) is 4.79 Å². The summed E-state index contributed by atoms with van der Waals surface area (Å²) in [4.78, 5) is 14.8. The fourth-order valence-electron chi connectivity index (χ4n) is 4.87. The largest absolute Gasteiger partial charge is 0.490 e. The van der Waals surface area contributed by atoms with Gasteiger partial charge < -0.3 is 14.2 Å². The van der Waals surface area contributed by atoms with Crippen LogP contribution in [-0.4, -0.2) is 44.8 Å². The lowest BCUT2D eigenvalue weighted by Crippen LogP contribution is -2.38. The van der Waals surface area contributed by atoms with Gasteiger partial charge in [-0.2, -0.15) is 5.10 Å². The number of aryl methyl sites for hydroxylation is 1. The number of H-pyrrole nitrogens is 1. The number of likely N-dealkylation sites (tertiary alicyclic amines) is 1. The van der Waals surface area contributed by atoms with E-state index in [2.05, 4.69) is 40.7 Å². The topological polar surface area (TPSA) is 63.1 Å². The first kappa shape index (κ1) is 22.1. The van der Waals surface area contributed by atoms with Crippen LogP contribution in [0.2, 0.25) is 0 Å². The van der Waals surface area contributed by atoms with Crippen molar-refractivity contribution in [2.24, 2.45) is 0 Å². The van der Waals surface area contributed by atoms with Crippen molar-refractivity contribution in [3.63, 3.8) is 0 Å². The molecule has 0 bridgehead atoms. The van der Waals surface area contributed by atoms with E-state index < -0.39 is 0 Å². The number of nitrogens with zero attached hydrogens (tertiary/aromatic N) is 3. The highest BCUT2D eigenvalue weighted by Crippen LogP contribution is 2.29. The van der Waals surface area contributed by atoms with E-state index in [0.717, 1.165) is 56.8 Å². The van der Waals surface area contributed by atoms with Crippen LogP contribution >= 0.6 is 12.2 Å². The minimum absolute atomic E-state index is 0.239. The molecule has 1 aromatic carbocycles. The molecular weight excluding hydrogens is 408 g/mol. The predicted molar refractivity (Wildman–Crippen MR) is 124 cm³/mol. The van der Waals surface area contributed by atoms with E-state index >= 15 is 0 Å². The van der Waals surface area contributed by atoms with Crippen LogP contribution in [0, 0.1) is 4.77 Å². The molecular formula is C24H34N4O2S. The summed E-state index contributed by atoms with van der Waals surface area (Å²) in [5, 5.41) is 7.42. The number of hydrogen-bond acceptors (Lipinski definition) is 4. The summed E-state index contributed by atoms with van der Waals surface area (Å²) >= 11 is 5.38. The van der Waals surface area contributed by atoms with Crippen molar-refractivity contribution in [2.75, 3.05) is 13.1 Å². The zero-order valence-corrected chi connectivity index (χ0v) is 19.5. The highest BCUT2D eigenvalue weighted by atomic mass is 32.1. The molecule has 31 heavy (non-hydrogen) atoms. The van der Waals surface area contributed by atoms with Gasteiger partial charge in [0.05, 0.1) is 6.10 Å². The highest BCUT2D eigenvalue weighted by molar-refractivity contribution is 7.71. The number of nitrogens with one attached hydrogen (secondary N) is 1. The van der Waals surface area contributed by atoms with Crippen molar-refractivity contribution in [3.8, 4) is 5.75 Å². The number of carbonyl (C=O) groups excluding carboxylic acids is 1. The van der Waals surface area contributed by atoms with E-state index in [1.807, 2.05) is 17.0 Å². The predicted octanol–water partition coefficient (Wildman–Crippen LogP) is 5.18. The standard InChI is InChI=1S/C24H34N4O2S/c1-17(2)28-23(25-26-24(28)31)19-12-14-27(15-13-19)22(29)11-10-18-6-5-9-21(16-18)30-20-7-3-4-8-20/h5-6,9,16-17,19-20H,3-4,7-8,10-15H2,1-2H3,(H,26,31). The molecule has 2 heterocycles. The smallest absolute Gasteiger partial charge is 0.222 e. The highest BCUT2D eigenvalue weighted by Gasteiger charge is 2.27. The maximum atomic E-state index is 12.8. The Labute approximate surface area is 190 Å². The van der Waals surface area contributed by atoms with E-state index in [1.165, 1.54) is 18.4 Å². The lowest BCUT2D eigenvalue weighted by Gasteiger charge is -2.32. The second kappa shape index (κ2) is 9.98. The van der Waals surface area contributed by atoms with Crippen LogP contribution < -0.4 is 4.74 Å². The summed E-state index contributed by atoms with van der Waals surface area (Å²) in [5.74, 6) is 2.56. The Hall–Kier alpha value is -2.15. The monoisotopic (exact) mass is 442 g/mol. The van der Waals surface area contributed by atoms with Gasteiger partial charge in [-0.15, -0.1) is 0 Å². The van der Waals surface area contributed by atoms with Gasteiger partial charge in [0.15, 0.2) is 4.77 Å². The first-order chi connectivity index (χ1) is 15.0. The van der Waals surface area contributed by atoms with Gasteiger partial charge in [-0.1, -0.05) is 12.1 Å². The molecule has 1 amide bonds. The average Bonchev–Trinajstić information content (AvgIpc) is 3.42. The molecule has 1 aliphatic heterocycles. The van der Waals surface area contributed by atoms with Crippen molar-refractivity contribution >= 4 is 18.1 Å². The summed E-state index contributed by atoms with van der Waals surface area (Å²) < 4.78 is 8.90. The quantitative estimate of drug-likeness (QED) is 0.600. The Morgan fingerprint density at radius 3 is 2.68 bits per heavy atom. The normalized spacial score (nSPS) is 18.1. The van der Waals surface area contributed by atoms with Gasteiger partial charge >= 0.3 is 0 Å². The molecule has 2 aliphatic rings. The molecule has 1 N–H and O–H groups in total. The van der Waals surface area contributed by atoms with Crippen LogP contribution in [-0.2, 0) is 11.2 Å². The summed E-state index contributed by atoms with van der Waals surface area (Å²) in [6.07, 6.45) is 8.37. The fourth-order valence-corrected chi connectivity index (χ4v) is 5.22. The van der Waals surface area contributed by atoms with Crippen molar-refractivity contribution in [1.29, 1.82) is 0 Å². The third-order valence-electron chi connectivity index (χ3n) is 6.59. The van der Waals surface area contributed by atoms with Crippen LogP contribution in [0.5, 0.6) is 5.75 Å². The second-order valence-corrected chi connectivity index (χ2v) is 9.56. The molecule has 1 saturated carbocycles. The number of carbonyl (C=O) groups is 1. The van der Waals surface area contributed by atoms with Crippen LogP contribution in [0.3, 0.4) is 0 Å². The number of aromatic amines is 1. The Balaban J connectivity index is 1.27. The molecule has 0 spiro atoms. The Bertz CT molecular complexity index is 937. The molecule has 168 valence electrons. The van der Waals surface area contributed by atoms with E-state index in [4.69, 9.17) is 17.0 Å². The summed E-state index contributed by atoms with van der Waals surface area (Å²) in [5.41, 5.74) is 1.17. The maximum absolute atomic E-state index is 12.8. The van der Waals surface area contributed by atoms with Gasteiger partial charge in [0, 0.05) is 31.5 Å². The minimum Gasteiger partial charge on any atom is -0.490 e. The summed E-state index contributed by atoms with van der Waals surface area (Å²) in [6.45, 7) is 5.82. The fraction of sp³-hybridized carbons (Fsp3) is 0.625. The number of aromatic nitrogens is 3. The molecule has 2 aromatic rings. The van der Waals surface area contributed by atoms with Gasteiger partial charge in [-0.25, -0.2) is 0 Å². The lowest BCUT2D eigenvalue weighted by atomic mass is 9.95. The Morgan fingerprint density at radius 2 is 1.97 bits per heavy atom. The number of hydrogen-bond donors (Lipinski definition) is 1. The first-order valence-corrected chi connectivity index (χ1v) is 12.1. The number of amides is 1. The number of piperidine rings is 1. The molecule has 2 fully saturated rings. The molecule has 0 unspecified atom stereocenters. The van der Waals surface area contributed by atoms with Crippen LogP contribution in [0.15, 0.2) is 24.3 Å². The van der Waals surface area contributed by atoms with Crippen LogP contribution in [0.1, 0.15) is 82.1 Å². The van der Waals surface area contributed by atoms with E-state index in [0.29, 0.717) is 23.2 Å². The molecule has 1 saturated heterocycles. The van der Waals surface area contributed by atoms with Gasteiger partial charge in [0.2, 0.25) is 5.91 Å². The van der Waals surface area contributed by atoms with Crippen molar-refractivity contribution in [3.05, 3.63) is 40.4 Å². The first-order valence-electron chi connectivity index (χ1n) is 11.7. The molecule has 1 aromatic heterocycles. The molecule has 4 rings (SSSR count). The minimum atomic E-state index is 0.239. The SMILES string of the molecule is CC(C)n1c(C2CCN(C(=O)CCc3cccc(OC4CCCC4)c3)CC2)n[nH]c1=S. The zero-order valence-electron chi connectivity index (χ0n) is 18.7. The summed E-state index contributed by atoms with van der Waals surface area (Å²) in [7, 11) is 0. The zero-order chi connectivity index (χ0) is 21.8. The second-order valence-electron chi connectivity index (χ2n) is 9.18. The van der Waals surface area contributed by atoms with Gasteiger partial charge in [0.1, 0.15) is 11.6 Å². The lowest BCUT2D eigenvalue weighted by molar-refractivity contribution is -0.132. The van der Waals surface area contributed by atoms with Crippen LogP contribution in [0.25, 0.3) is 0 Å². The number of rotatable bonds is 7. The third-order valence-corrected chi connectivity index (χ3v) is 6.88. The Kier molecular flexibility index (Phi) is 7.10.